The summed E-state index contributed by atoms with van der Waals surface area (Å²) in [6.45, 7) is 0.802. The summed E-state index contributed by atoms with van der Waals surface area (Å²) in [4.78, 5) is 24.9. The lowest BCUT2D eigenvalue weighted by atomic mass is 10.1. The third-order valence-electron chi connectivity index (χ3n) is 4.98. The number of carboxylic acids is 1. The van der Waals surface area contributed by atoms with Crippen molar-refractivity contribution in [2.24, 2.45) is 5.92 Å². The van der Waals surface area contributed by atoms with Crippen molar-refractivity contribution in [3.05, 3.63) is 48.3 Å². The van der Waals surface area contributed by atoms with Crippen LogP contribution in [0.2, 0.25) is 0 Å². The Morgan fingerprint density at radius 3 is 2.76 bits per heavy atom. The number of aliphatic carboxylic acids is 1. The van der Waals surface area contributed by atoms with Crippen LogP contribution in [0.4, 0.5) is 4.79 Å². The van der Waals surface area contributed by atoms with Crippen LogP contribution in [0.3, 0.4) is 0 Å². The Labute approximate surface area is 145 Å². The molecule has 130 valence electrons. The zero-order valence-corrected chi connectivity index (χ0v) is 13.7. The molecule has 1 saturated carbocycles. The second-order valence-electron chi connectivity index (χ2n) is 6.72. The Balaban J connectivity index is 1.33. The Bertz CT molecular complexity index is 789. The van der Waals surface area contributed by atoms with Gasteiger partial charge in [-0.05, 0) is 30.5 Å². The molecular weight excluding hydrogens is 320 g/mol. The van der Waals surface area contributed by atoms with Gasteiger partial charge in [0.2, 0.25) is 0 Å². The van der Waals surface area contributed by atoms with E-state index < -0.39 is 11.9 Å². The number of hydrogen-bond donors (Lipinski definition) is 2. The van der Waals surface area contributed by atoms with Crippen molar-refractivity contribution in [1.29, 1.82) is 0 Å². The second kappa shape index (κ2) is 6.23. The van der Waals surface area contributed by atoms with Crippen LogP contribution in [0.15, 0.2) is 42.7 Å². The minimum Gasteiger partial charge on any atom is -0.481 e. The first-order valence-corrected chi connectivity index (χ1v) is 8.50. The van der Waals surface area contributed by atoms with Gasteiger partial charge in [0.1, 0.15) is 0 Å². The number of urea groups is 1. The van der Waals surface area contributed by atoms with Gasteiger partial charge in [0.15, 0.2) is 0 Å². The van der Waals surface area contributed by atoms with Gasteiger partial charge in [0, 0.05) is 31.2 Å². The van der Waals surface area contributed by atoms with Gasteiger partial charge in [-0.1, -0.05) is 18.2 Å². The van der Waals surface area contributed by atoms with Crippen molar-refractivity contribution in [2.45, 2.75) is 24.8 Å². The van der Waals surface area contributed by atoms with Gasteiger partial charge < -0.3 is 15.3 Å². The van der Waals surface area contributed by atoms with E-state index in [1.165, 1.54) is 0 Å². The summed E-state index contributed by atoms with van der Waals surface area (Å²) in [7, 11) is 0. The number of rotatable bonds is 4. The molecule has 2 amide bonds. The van der Waals surface area contributed by atoms with Gasteiger partial charge in [-0.3, -0.25) is 4.79 Å². The van der Waals surface area contributed by atoms with Crippen LogP contribution in [0, 0.1) is 5.92 Å². The van der Waals surface area contributed by atoms with E-state index in [4.69, 9.17) is 5.11 Å². The topological polar surface area (TPSA) is 87.5 Å². The van der Waals surface area contributed by atoms with Crippen molar-refractivity contribution in [3.8, 4) is 5.69 Å². The Kier molecular flexibility index (Phi) is 3.91. The number of benzene rings is 1. The first kappa shape index (κ1) is 15.7. The smallest absolute Gasteiger partial charge is 0.317 e. The fraction of sp³-hybridized carbons (Fsp3) is 0.389. The third-order valence-corrected chi connectivity index (χ3v) is 4.98. The van der Waals surface area contributed by atoms with Crippen LogP contribution in [-0.2, 0) is 4.79 Å². The number of carboxylic acid groups (broad SMARTS) is 1. The quantitative estimate of drug-likeness (QED) is 0.889. The van der Waals surface area contributed by atoms with Crippen molar-refractivity contribution in [3.63, 3.8) is 0 Å². The summed E-state index contributed by atoms with van der Waals surface area (Å²) < 4.78 is 1.84. The average Bonchev–Trinajstić information content (AvgIpc) is 3.07. The standard InChI is InChI=1S/C18H20N4O3/c23-17(24)12-6-7-21(10-12)18(25)20-16-8-15(16)13-9-19-22(11-13)14-4-2-1-3-5-14/h1-5,9,11-12,15-16H,6-8,10H2,(H,20,25)(H,23,24)/t12?,15-,16+/m0/s1. The monoisotopic (exact) mass is 340 g/mol. The highest BCUT2D eigenvalue weighted by Crippen LogP contribution is 2.41. The number of likely N-dealkylation sites (tertiary alicyclic amines) is 1. The second-order valence-corrected chi connectivity index (χ2v) is 6.72. The molecule has 2 N–H and O–H groups in total. The van der Waals surface area contributed by atoms with Gasteiger partial charge in [-0.2, -0.15) is 5.10 Å². The Hall–Kier alpha value is -2.83. The summed E-state index contributed by atoms with van der Waals surface area (Å²) >= 11 is 0. The molecule has 3 atom stereocenters. The number of aromatic nitrogens is 2. The first-order chi connectivity index (χ1) is 12.1. The van der Waals surface area contributed by atoms with Gasteiger partial charge >= 0.3 is 12.0 Å². The SMILES string of the molecule is O=C(O)C1CCN(C(=O)N[C@@H]2C[C@H]2c2cnn(-c3ccccc3)c2)C1. The number of hydrogen-bond acceptors (Lipinski definition) is 3. The van der Waals surface area contributed by atoms with E-state index in [2.05, 4.69) is 10.4 Å². The normalized spacial score (nSPS) is 25.0. The van der Waals surface area contributed by atoms with Crippen LogP contribution in [0.1, 0.15) is 24.3 Å². The molecule has 0 spiro atoms. The molecule has 0 radical (unpaired) electrons. The van der Waals surface area contributed by atoms with E-state index in [1.54, 1.807) is 4.90 Å². The fourth-order valence-electron chi connectivity index (χ4n) is 3.37. The van der Waals surface area contributed by atoms with Crippen LogP contribution in [0.25, 0.3) is 5.69 Å². The van der Waals surface area contributed by atoms with E-state index in [0.717, 1.165) is 17.7 Å². The van der Waals surface area contributed by atoms with Gasteiger partial charge in [0.25, 0.3) is 0 Å². The van der Waals surface area contributed by atoms with Crippen molar-refractivity contribution in [2.75, 3.05) is 13.1 Å². The molecule has 2 aromatic rings. The first-order valence-electron chi connectivity index (χ1n) is 8.50. The maximum absolute atomic E-state index is 12.3. The molecule has 1 aromatic carbocycles. The molecule has 1 aliphatic carbocycles. The summed E-state index contributed by atoms with van der Waals surface area (Å²) in [5, 5.41) is 16.4. The third kappa shape index (κ3) is 3.22. The lowest BCUT2D eigenvalue weighted by Crippen LogP contribution is -2.40. The Morgan fingerprint density at radius 1 is 1.24 bits per heavy atom. The van der Waals surface area contributed by atoms with Crippen LogP contribution in [0.5, 0.6) is 0 Å². The van der Waals surface area contributed by atoms with E-state index in [1.807, 2.05) is 47.4 Å². The largest absolute Gasteiger partial charge is 0.481 e. The zero-order chi connectivity index (χ0) is 17.4. The molecule has 1 unspecified atom stereocenters. The summed E-state index contributed by atoms with van der Waals surface area (Å²) in [6.07, 6.45) is 5.27. The number of carbonyl (C=O) groups is 2. The molecule has 2 fully saturated rings. The highest BCUT2D eigenvalue weighted by atomic mass is 16.4. The minimum absolute atomic E-state index is 0.102. The molecule has 7 heteroatoms. The predicted molar refractivity (Wildman–Crippen MR) is 90.6 cm³/mol. The molecule has 1 aromatic heterocycles. The molecule has 2 heterocycles. The Morgan fingerprint density at radius 2 is 2.04 bits per heavy atom. The molecule has 25 heavy (non-hydrogen) atoms. The maximum atomic E-state index is 12.3. The van der Waals surface area contributed by atoms with Gasteiger partial charge in [-0.15, -0.1) is 0 Å². The molecule has 0 bridgehead atoms. The van der Waals surface area contributed by atoms with Gasteiger partial charge in [-0.25, -0.2) is 9.48 Å². The number of nitrogens with one attached hydrogen (secondary N) is 1. The van der Waals surface area contributed by atoms with Crippen LogP contribution >= 0.6 is 0 Å². The van der Waals surface area contributed by atoms with Gasteiger partial charge in [0.05, 0.1) is 17.8 Å². The fourth-order valence-corrected chi connectivity index (χ4v) is 3.37. The molecular formula is C18H20N4O3. The molecule has 1 saturated heterocycles. The summed E-state index contributed by atoms with van der Waals surface area (Å²) in [6, 6.07) is 9.84. The molecule has 2 aliphatic rings. The maximum Gasteiger partial charge on any atom is 0.317 e. The van der Waals surface area contributed by atoms with Crippen molar-refractivity contribution < 1.29 is 14.7 Å². The van der Waals surface area contributed by atoms with Crippen LogP contribution < -0.4 is 5.32 Å². The number of carbonyl (C=O) groups excluding carboxylic acids is 1. The molecule has 4 rings (SSSR count). The van der Waals surface area contributed by atoms with E-state index in [0.29, 0.717) is 19.5 Å². The minimum atomic E-state index is -0.826. The molecule has 7 nitrogen and oxygen atoms in total. The van der Waals surface area contributed by atoms with Crippen molar-refractivity contribution >= 4 is 12.0 Å². The molecule has 1 aliphatic heterocycles. The lowest BCUT2D eigenvalue weighted by molar-refractivity contribution is -0.141. The number of nitrogens with zero attached hydrogens (tertiary/aromatic N) is 3. The lowest BCUT2D eigenvalue weighted by Gasteiger charge is -2.16. The highest BCUT2D eigenvalue weighted by Gasteiger charge is 2.42. The zero-order valence-electron chi connectivity index (χ0n) is 13.7. The van der Waals surface area contributed by atoms with Crippen LogP contribution in [-0.4, -0.2) is 50.9 Å². The van der Waals surface area contributed by atoms with Crippen molar-refractivity contribution in [1.82, 2.24) is 20.0 Å². The average molecular weight is 340 g/mol. The predicted octanol–water partition coefficient (Wildman–Crippen LogP) is 1.84. The highest BCUT2D eigenvalue weighted by molar-refractivity contribution is 5.78. The number of para-hydroxylation sites is 1. The summed E-state index contributed by atoms with van der Waals surface area (Å²) in [5.74, 6) is -0.989. The van der Waals surface area contributed by atoms with E-state index in [9.17, 15) is 9.59 Å². The number of amides is 2. The summed E-state index contributed by atoms with van der Waals surface area (Å²) in [5.41, 5.74) is 2.12. The van der Waals surface area contributed by atoms with E-state index >= 15 is 0 Å². The van der Waals surface area contributed by atoms with E-state index in [-0.39, 0.29) is 18.0 Å².